The highest BCUT2D eigenvalue weighted by Gasteiger charge is 2.02. The molecule has 2 N–H and O–H groups in total. The van der Waals surface area contributed by atoms with Crippen molar-refractivity contribution in [2.24, 2.45) is 0 Å². The number of esters is 1. The molecule has 0 fully saturated rings. The van der Waals surface area contributed by atoms with Crippen molar-refractivity contribution in [2.75, 3.05) is 13.7 Å². The maximum atomic E-state index is 10.9. The molecule has 0 aromatic heterocycles. The summed E-state index contributed by atoms with van der Waals surface area (Å²) in [6.45, 7) is 5.41. The van der Waals surface area contributed by atoms with Crippen LogP contribution in [-0.4, -0.2) is 25.7 Å². The van der Waals surface area contributed by atoms with Gasteiger partial charge in [-0.1, -0.05) is 6.58 Å². The fourth-order valence-electron chi connectivity index (χ4n) is 0.618. The molecule has 0 aliphatic carbocycles. The molecular weight excluding hydrogens is 172 g/mol. The second-order valence-corrected chi connectivity index (χ2v) is 2.49. The zero-order valence-corrected chi connectivity index (χ0v) is 7.85. The molecule has 13 heavy (non-hydrogen) atoms. The standard InChI is InChI=1S/C8H14N2O3/c1-6(2)10-8(12)9-5-4-7(11)13-3/h1,4-5H2,2-3H3,(H2,9,10,12). The third-order valence-electron chi connectivity index (χ3n) is 1.17. The summed E-state index contributed by atoms with van der Waals surface area (Å²) in [5.74, 6) is -0.351. The predicted octanol–water partition coefficient (Wildman–Crippen LogP) is 0.382. The Morgan fingerprint density at radius 1 is 1.46 bits per heavy atom. The largest absolute Gasteiger partial charge is 0.469 e. The van der Waals surface area contributed by atoms with Gasteiger partial charge in [-0.05, 0) is 6.92 Å². The van der Waals surface area contributed by atoms with E-state index in [2.05, 4.69) is 21.9 Å². The normalized spacial score (nSPS) is 8.77. The third kappa shape index (κ3) is 6.86. The Balaban J connectivity index is 3.48. The van der Waals surface area contributed by atoms with Crippen molar-refractivity contribution < 1.29 is 14.3 Å². The molecule has 0 rings (SSSR count). The van der Waals surface area contributed by atoms with Gasteiger partial charge in [-0.2, -0.15) is 0 Å². The highest BCUT2D eigenvalue weighted by Crippen LogP contribution is 1.82. The average molecular weight is 186 g/mol. The van der Waals surface area contributed by atoms with Crippen LogP contribution in [0.15, 0.2) is 12.3 Å². The maximum absolute atomic E-state index is 10.9. The number of methoxy groups -OCH3 is 1. The van der Waals surface area contributed by atoms with Crippen LogP contribution >= 0.6 is 0 Å². The van der Waals surface area contributed by atoms with Gasteiger partial charge >= 0.3 is 12.0 Å². The number of ether oxygens (including phenoxy) is 1. The molecule has 0 saturated carbocycles. The first kappa shape index (κ1) is 11.5. The fraction of sp³-hybridized carbons (Fsp3) is 0.500. The number of urea groups is 1. The number of nitrogens with one attached hydrogen (secondary N) is 2. The molecule has 0 saturated heterocycles. The van der Waals surface area contributed by atoms with E-state index in [-0.39, 0.29) is 25.0 Å². The van der Waals surface area contributed by atoms with Gasteiger partial charge in [-0.25, -0.2) is 4.79 Å². The van der Waals surface area contributed by atoms with Crippen molar-refractivity contribution >= 4 is 12.0 Å². The van der Waals surface area contributed by atoms with E-state index in [1.54, 1.807) is 6.92 Å². The lowest BCUT2D eigenvalue weighted by atomic mass is 10.4. The summed E-state index contributed by atoms with van der Waals surface area (Å²) in [7, 11) is 1.30. The number of carbonyl (C=O) groups excluding carboxylic acids is 2. The van der Waals surface area contributed by atoms with Crippen LogP contribution in [0.1, 0.15) is 13.3 Å². The van der Waals surface area contributed by atoms with Crippen molar-refractivity contribution in [3.8, 4) is 0 Å². The number of carbonyl (C=O) groups is 2. The molecule has 0 aliphatic rings. The van der Waals surface area contributed by atoms with Crippen LogP contribution in [0.4, 0.5) is 4.79 Å². The van der Waals surface area contributed by atoms with Crippen molar-refractivity contribution in [2.45, 2.75) is 13.3 Å². The molecule has 0 aliphatic heterocycles. The van der Waals surface area contributed by atoms with Crippen LogP contribution in [0.25, 0.3) is 0 Å². The van der Waals surface area contributed by atoms with Crippen LogP contribution in [0.5, 0.6) is 0 Å². The topological polar surface area (TPSA) is 67.4 Å². The van der Waals surface area contributed by atoms with E-state index < -0.39 is 0 Å². The van der Waals surface area contributed by atoms with Crippen molar-refractivity contribution in [1.82, 2.24) is 10.6 Å². The summed E-state index contributed by atoms with van der Waals surface area (Å²) in [6.07, 6.45) is 0.167. The lowest BCUT2D eigenvalue weighted by Crippen LogP contribution is -2.35. The van der Waals surface area contributed by atoms with E-state index >= 15 is 0 Å². The minimum Gasteiger partial charge on any atom is -0.469 e. The van der Waals surface area contributed by atoms with Crippen LogP contribution in [-0.2, 0) is 9.53 Å². The monoisotopic (exact) mass is 186 g/mol. The zero-order chi connectivity index (χ0) is 10.3. The lowest BCUT2D eigenvalue weighted by Gasteiger charge is -2.05. The summed E-state index contributed by atoms with van der Waals surface area (Å²) in [4.78, 5) is 21.5. The first-order chi connectivity index (χ1) is 6.06. The minimum atomic E-state index is -0.364. The van der Waals surface area contributed by atoms with Gasteiger partial charge in [0, 0.05) is 12.2 Å². The first-order valence-corrected chi connectivity index (χ1v) is 3.83. The quantitative estimate of drug-likeness (QED) is 0.624. The molecule has 0 spiro atoms. The third-order valence-corrected chi connectivity index (χ3v) is 1.17. The van der Waals surface area contributed by atoms with E-state index in [0.29, 0.717) is 5.70 Å². The molecule has 0 atom stereocenters. The van der Waals surface area contributed by atoms with E-state index in [1.165, 1.54) is 7.11 Å². The van der Waals surface area contributed by atoms with E-state index in [0.717, 1.165) is 0 Å². The fourth-order valence-corrected chi connectivity index (χ4v) is 0.618. The number of hydrogen-bond donors (Lipinski definition) is 2. The number of allylic oxidation sites excluding steroid dienone is 1. The Labute approximate surface area is 77.1 Å². The minimum absolute atomic E-state index is 0.167. The Kier molecular flexibility index (Phi) is 5.34. The van der Waals surface area contributed by atoms with Gasteiger partial charge in [-0.3, -0.25) is 4.79 Å². The van der Waals surface area contributed by atoms with Crippen molar-refractivity contribution in [3.63, 3.8) is 0 Å². The second kappa shape index (κ2) is 6.05. The van der Waals surface area contributed by atoms with Crippen LogP contribution < -0.4 is 10.6 Å². The van der Waals surface area contributed by atoms with Crippen LogP contribution in [0, 0.1) is 0 Å². The van der Waals surface area contributed by atoms with Crippen LogP contribution in [0.3, 0.4) is 0 Å². The van der Waals surface area contributed by atoms with Gasteiger partial charge in [0.2, 0.25) is 0 Å². The van der Waals surface area contributed by atoms with E-state index in [1.807, 2.05) is 0 Å². The Bertz CT molecular complexity index is 213. The first-order valence-electron chi connectivity index (χ1n) is 3.83. The van der Waals surface area contributed by atoms with Gasteiger partial charge in [0.1, 0.15) is 0 Å². The molecule has 74 valence electrons. The maximum Gasteiger partial charge on any atom is 0.318 e. The molecule has 2 amide bonds. The molecule has 5 heteroatoms. The molecule has 0 aromatic rings. The number of hydrogen-bond acceptors (Lipinski definition) is 3. The average Bonchev–Trinajstić information content (AvgIpc) is 2.02. The summed E-state index contributed by atoms with van der Waals surface area (Å²) in [5, 5.41) is 4.91. The van der Waals surface area contributed by atoms with Gasteiger partial charge in [-0.15, -0.1) is 0 Å². The summed E-state index contributed by atoms with van der Waals surface area (Å²) < 4.78 is 4.38. The summed E-state index contributed by atoms with van der Waals surface area (Å²) in [5.41, 5.74) is 0.551. The Hall–Kier alpha value is -1.52. The summed E-state index contributed by atoms with van der Waals surface area (Å²) in [6, 6.07) is -0.364. The lowest BCUT2D eigenvalue weighted by molar-refractivity contribution is -0.140. The molecule has 0 heterocycles. The molecule has 0 unspecified atom stereocenters. The van der Waals surface area contributed by atoms with Gasteiger partial charge in [0.25, 0.3) is 0 Å². The van der Waals surface area contributed by atoms with Crippen molar-refractivity contribution in [1.29, 1.82) is 0 Å². The van der Waals surface area contributed by atoms with E-state index in [4.69, 9.17) is 0 Å². The molecule has 5 nitrogen and oxygen atoms in total. The second-order valence-electron chi connectivity index (χ2n) is 2.49. The highest BCUT2D eigenvalue weighted by molar-refractivity contribution is 5.76. The molecule has 0 aromatic carbocycles. The molecule has 0 bridgehead atoms. The van der Waals surface area contributed by atoms with Crippen molar-refractivity contribution in [3.05, 3.63) is 12.3 Å². The SMILES string of the molecule is C=C(C)NC(=O)NCCC(=O)OC. The number of amides is 2. The zero-order valence-electron chi connectivity index (χ0n) is 7.85. The Morgan fingerprint density at radius 3 is 2.54 bits per heavy atom. The highest BCUT2D eigenvalue weighted by atomic mass is 16.5. The predicted molar refractivity (Wildman–Crippen MR) is 48.0 cm³/mol. The molecule has 0 radical (unpaired) electrons. The van der Waals surface area contributed by atoms with Gasteiger partial charge in [0.05, 0.1) is 13.5 Å². The van der Waals surface area contributed by atoms with Crippen LogP contribution in [0.2, 0.25) is 0 Å². The summed E-state index contributed by atoms with van der Waals surface area (Å²) >= 11 is 0. The van der Waals surface area contributed by atoms with Gasteiger partial charge in [0.15, 0.2) is 0 Å². The van der Waals surface area contributed by atoms with E-state index in [9.17, 15) is 9.59 Å². The Morgan fingerprint density at radius 2 is 2.08 bits per heavy atom. The van der Waals surface area contributed by atoms with Gasteiger partial charge < -0.3 is 15.4 Å². The number of rotatable bonds is 4. The molecular formula is C8H14N2O3. The smallest absolute Gasteiger partial charge is 0.318 e.